The molecule has 36 heavy (non-hydrogen) atoms. The number of hydrogen-bond donors (Lipinski definition) is 2. The largest absolute Gasteiger partial charge is 0.504 e. The number of carbonyl (C=O) groups excluding carboxylic acids is 3. The molecule has 2 fully saturated rings. The third-order valence-corrected chi connectivity index (χ3v) is 10.1. The zero-order chi connectivity index (χ0) is 25.6. The number of phenols is 1. The lowest BCUT2D eigenvalue weighted by molar-refractivity contribution is -0.146. The number of allylic oxidation sites excluding steroid dienone is 2. The maximum Gasteiger partial charge on any atom is 0.224 e. The van der Waals surface area contributed by atoms with Crippen LogP contribution < -0.4 is 10.1 Å². The van der Waals surface area contributed by atoms with Crippen LogP contribution in [0.5, 0.6) is 11.5 Å². The van der Waals surface area contributed by atoms with Gasteiger partial charge in [0.15, 0.2) is 23.1 Å². The highest BCUT2D eigenvalue weighted by Gasteiger charge is 2.83. The van der Waals surface area contributed by atoms with Gasteiger partial charge in [-0.3, -0.25) is 14.4 Å². The van der Waals surface area contributed by atoms with Gasteiger partial charge in [0.05, 0.1) is 10.8 Å². The summed E-state index contributed by atoms with van der Waals surface area (Å²) in [6.07, 6.45) is 4.84. The first-order valence-electron chi connectivity index (χ1n) is 13.4. The minimum absolute atomic E-state index is 0.0268. The number of aromatic hydroxyl groups is 1. The van der Waals surface area contributed by atoms with Gasteiger partial charge in [0.1, 0.15) is 17.4 Å². The maximum atomic E-state index is 14.7. The molecule has 3 aliphatic carbocycles. The minimum Gasteiger partial charge on any atom is -0.504 e. The molecule has 192 valence electrons. The highest BCUT2D eigenvalue weighted by Crippen LogP contribution is 2.76. The second-order valence-electron chi connectivity index (χ2n) is 11.5. The Bertz CT molecular complexity index is 1230. The second-order valence-corrected chi connectivity index (χ2v) is 11.5. The van der Waals surface area contributed by atoms with Gasteiger partial charge in [0.2, 0.25) is 5.91 Å². The molecule has 2 aliphatic heterocycles. The molecule has 1 saturated heterocycles. The predicted octanol–water partition coefficient (Wildman–Crippen LogP) is 4.35. The fraction of sp³-hybridized carbons (Fsp3) is 0.621. The van der Waals surface area contributed by atoms with Crippen LogP contribution in [-0.4, -0.2) is 41.3 Å². The summed E-state index contributed by atoms with van der Waals surface area (Å²) in [5.74, 6) is -0.386. The van der Waals surface area contributed by atoms with E-state index in [9.17, 15) is 19.5 Å². The fourth-order valence-corrected chi connectivity index (χ4v) is 8.68. The number of nitrogens with one attached hydrogen (secondary N) is 1. The third-order valence-electron chi connectivity index (χ3n) is 10.1. The van der Waals surface area contributed by atoms with Gasteiger partial charge in [0.25, 0.3) is 0 Å². The van der Waals surface area contributed by atoms with Gasteiger partial charge in [-0.1, -0.05) is 33.6 Å². The van der Waals surface area contributed by atoms with Crippen molar-refractivity contribution in [3.63, 3.8) is 0 Å². The summed E-state index contributed by atoms with van der Waals surface area (Å²) in [5.41, 5.74) is -1.08. The Kier molecular flexibility index (Phi) is 5.05. The molecule has 0 unspecified atom stereocenters. The van der Waals surface area contributed by atoms with E-state index < -0.39 is 34.3 Å². The molecule has 6 rings (SSSR count). The highest BCUT2D eigenvalue weighted by atomic mass is 16.5. The number of fused-ring (bicyclic) bond motifs is 1. The van der Waals surface area contributed by atoms with Gasteiger partial charge < -0.3 is 19.9 Å². The molecule has 0 aromatic heterocycles. The summed E-state index contributed by atoms with van der Waals surface area (Å²) >= 11 is 0. The number of ketones is 2. The molecule has 1 aromatic rings. The fourth-order valence-electron chi connectivity index (χ4n) is 8.68. The van der Waals surface area contributed by atoms with E-state index in [4.69, 9.17) is 9.47 Å². The lowest BCUT2D eigenvalue weighted by atomic mass is 9.54. The summed E-state index contributed by atoms with van der Waals surface area (Å²) < 4.78 is 12.4. The molecular weight excluding hydrogens is 458 g/mol. The number of rotatable bonds is 5. The molecule has 1 saturated carbocycles. The summed E-state index contributed by atoms with van der Waals surface area (Å²) in [6.45, 7) is 6.12. The summed E-state index contributed by atoms with van der Waals surface area (Å²) in [4.78, 5) is 42.6. The van der Waals surface area contributed by atoms with Crippen LogP contribution in [0.2, 0.25) is 0 Å². The van der Waals surface area contributed by atoms with Crippen LogP contribution in [0.4, 0.5) is 0 Å². The number of Topliss-reactive ketones (excluding diaryl/α,β-unsaturated/α-hetero) is 2. The molecule has 1 amide bonds. The Labute approximate surface area is 211 Å². The van der Waals surface area contributed by atoms with Crippen molar-refractivity contribution >= 4 is 17.5 Å². The van der Waals surface area contributed by atoms with Gasteiger partial charge in [-0.05, 0) is 56.2 Å². The van der Waals surface area contributed by atoms with Crippen LogP contribution in [0.25, 0.3) is 0 Å². The summed E-state index contributed by atoms with van der Waals surface area (Å²) in [7, 11) is 1.57. The van der Waals surface area contributed by atoms with E-state index >= 15 is 0 Å². The molecule has 5 aliphatic rings. The number of phenolic OH excluding ortho intramolecular Hbond substituents is 1. The molecule has 2 heterocycles. The van der Waals surface area contributed by atoms with Crippen molar-refractivity contribution in [2.45, 2.75) is 89.2 Å². The van der Waals surface area contributed by atoms with Gasteiger partial charge in [0, 0.05) is 30.1 Å². The first kappa shape index (κ1) is 23.7. The van der Waals surface area contributed by atoms with Crippen molar-refractivity contribution in [3.05, 3.63) is 34.6 Å². The Balaban J connectivity index is 1.75. The summed E-state index contributed by atoms with van der Waals surface area (Å²) in [5, 5.41) is 14.1. The van der Waals surface area contributed by atoms with Crippen LogP contribution in [0.3, 0.4) is 0 Å². The Hall–Kier alpha value is -2.67. The van der Waals surface area contributed by atoms with Crippen molar-refractivity contribution in [2.75, 3.05) is 7.11 Å². The summed E-state index contributed by atoms with van der Waals surface area (Å²) in [6, 6.07) is 3.15. The number of carbonyl (C=O) groups is 3. The number of benzene rings is 1. The predicted molar refractivity (Wildman–Crippen MR) is 132 cm³/mol. The van der Waals surface area contributed by atoms with Crippen molar-refractivity contribution in [1.82, 2.24) is 5.32 Å². The quantitative estimate of drug-likeness (QED) is 0.632. The number of unbranched alkanes of at least 4 members (excludes halogenated alkanes) is 1. The van der Waals surface area contributed by atoms with Crippen LogP contribution in [0.15, 0.2) is 23.5 Å². The first-order chi connectivity index (χ1) is 17.2. The van der Waals surface area contributed by atoms with Gasteiger partial charge in [-0.15, -0.1) is 0 Å². The zero-order valence-electron chi connectivity index (χ0n) is 21.5. The average Bonchev–Trinajstić information content (AvgIpc) is 3.42. The molecule has 2 bridgehead atoms. The smallest absolute Gasteiger partial charge is 0.224 e. The minimum atomic E-state index is -1.18. The lowest BCUT2D eigenvalue weighted by Crippen LogP contribution is -2.54. The topological polar surface area (TPSA) is 102 Å². The van der Waals surface area contributed by atoms with Crippen LogP contribution in [0, 0.1) is 17.3 Å². The Morgan fingerprint density at radius 3 is 2.69 bits per heavy atom. The van der Waals surface area contributed by atoms with E-state index in [2.05, 4.69) is 19.2 Å². The molecule has 2 N–H and O–H groups in total. The molecule has 7 nitrogen and oxygen atoms in total. The molecule has 2 spiro atoms. The van der Waals surface area contributed by atoms with Crippen LogP contribution >= 0.6 is 0 Å². The molecule has 1 aromatic carbocycles. The Morgan fingerprint density at radius 1 is 1.22 bits per heavy atom. The number of ether oxygens (including phenoxy) is 2. The number of amides is 1. The first-order valence-corrected chi connectivity index (χ1v) is 13.4. The normalized spacial score (nSPS) is 40.2. The van der Waals surface area contributed by atoms with Crippen molar-refractivity contribution in [3.8, 4) is 11.5 Å². The monoisotopic (exact) mass is 493 g/mol. The number of hydrogen-bond acceptors (Lipinski definition) is 6. The lowest BCUT2D eigenvalue weighted by Gasteiger charge is -2.45. The average molecular weight is 494 g/mol. The van der Waals surface area contributed by atoms with Crippen LogP contribution in [0.1, 0.15) is 88.1 Å². The van der Waals surface area contributed by atoms with E-state index in [1.165, 1.54) is 6.07 Å². The van der Waals surface area contributed by atoms with Crippen molar-refractivity contribution in [2.24, 2.45) is 17.3 Å². The second kappa shape index (κ2) is 7.67. The Morgan fingerprint density at radius 2 is 2.00 bits per heavy atom. The van der Waals surface area contributed by atoms with Gasteiger partial charge >= 0.3 is 0 Å². The molecule has 6 atom stereocenters. The van der Waals surface area contributed by atoms with E-state index in [-0.39, 0.29) is 29.6 Å². The maximum absolute atomic E-state index is 14.7. The van der Waals surface area contributed by atoms with E-state index in [0.717, 1.165) is 37.7 Å². The molecule has 0 radical (unpaired) electrons. The van der Waals surface area contributed by atoms with Crippen LogP contribution in [-0.2, 0) is 19.7 Å². The number of methoxy groups -OCH3 is 1. The SMILES string of the molecule is CCCC[C@@H]1C(=O)N[C@@]23C[C@@]45/C(=C(/CC)CCC[C@H](OC)C(=O)[C@@]4(C)[C@@H]12)Oc1c(O)ccc(c15)C3=O. The third kappa shape index (κ3) is 2.46. The zero-order valence-corrected chi connectivity index (χ0v) is 21.5. The standard InChI is InChI=1S/C29H35NO6/c1-5-7-10-17-22-27(3)24(33)19(35-4)11-8-9-15(6-2)25-28(27)14-29(22,30-26(17)34)23(32)16-12-13-18(31)21(36-25)20(16)28/h12-13,17,19,22,31H,5-11,14H2,1-4H3,(H,30,34)/b25-15+/t17-,19-,22+,27+,28+,29-/m0/s1. The van der Waals surface area contributed by atoms with Crippen molar-refractivity contribution in [1.29, 1.82) is 0 Å². The van der Waals surface area contributed by atoms with Gasteiger partial charge in [-0.2, -0.15) is 0 Å². The molecular formula is C29H35NO6. The van der Waals surface area contributed by atoms with E-state index in [1.807, 2.05) is 6.92 Å². The highest BCUT2D eigenvalue weighted by molar-refractivity contribution is 6.14. The van der Waals surface area contributed by atoms with E-state index in [0.29, 0.717) is 35.5 Å². The van der Waals surface area contributed by atoms with E-state index in [1.54, 1.807) is 13.2 Å². The van der Waals surface area contributed by atoms with Crippen molar-refractivity contribution < 1.29 is 29.0 Å². The van der Waals surface area contributed by atoms with Gasteiger partial charge in [-0.25, -0.2) is 0 Å². The molecule has 7 heteroatoms.